The van der Waals surface area contributed by atoms with Crippen molar-refractivity contribution in [3.63, 3.8) is 0 Å². The Morgan fingerprint density at radius 1 is 0.377 bits per heavy atom. The fraction of sp³-hybridized carbons (Fsp3) is 0. The molecule has 0 saturated heterocycles. The monoisotopic (exact) mass is 1030 g/mol. The van der Waals surface area contributed by atoms with E-state index in [1.807, 2.05) is 24.4 Å². The van der Waals surface area contributed by atoms with E-state index >= 15 is 0 Å². The zero-order chi connectivity index (χ0) is 41.8. The zero-order valence-electron chi connectivity index (χ0n) is 32.0. The summed E-state index contributed by atoms with van der Waals surface area (Å²) in [6, 6.07) is 76.4. The summed E-state index contributed by atoms with van der Waals surface area (Å²) < 4.78 is 58.6. The maximum absolute atomic E-state index is 9.77. The largest absolute Gasteiger partial charge is 3.00 e. The summed E-state index contributed by atoms with van der Waals surface area (Å²) in [5.41, 5.74) is 15.7. The minimum absolute atomic E-state index is 0. The number of aromatic nitrogens is 1. The van der Waals surface area contributed by atoms with E-state index < -0.39 is 17.7 Å². The first-order valence-electron chi connectivity index (χ1n) is 18.7. The fourth-order valence-electron chi connectivity index (χ4n) is 7.16. The number of rotatable bonds is 7. The molecule has 0 radical (unpaired) electrons. The van der Waals surface area contributed by atoms with Crippen molar-refractivity contribution in [3.8, 4) is 78.0 Å². The summed E-state index contributed by atoms with van der Waals surface area (Å²) in [7, 11) is -8.76. The normalized spacial score (nSPS) is 10.6. The quantitative estimate of drug-likeness (QED) is 0.0881. The predicted octanol–water partition coefficient (Wildman–Crippen LogP) is 17.0. The molecule has 0 aliphatic heterocycles. The second-order valence-corrected chi connectivity index (χ2v) is 14.2. The van der Waals surface area contributed by atoms with Crippen LogP contribution in [0.4, 0.5) is 25.2 Å². The van der Waals surface area contributed by atoms with Crippen LogP contribution >= 0.6 is 17.7 Å². The van der Waals surface area contributed by atoms with Gasteiger partial charge in [-0.3, -0.25) is 0 Å². The van der Waals surface area contributed by atoms with E-state index in [4.69, 9.17) is 4.98 Å². The van der Waals surface area contributed by atoms with E-state index in [1.54, 1.807) is 0 Å². The Labute approximate surface area is 367 Å². The third kappa shape index (κ3) is 11.6. The van der Waals surface area contributed by atoms with Crippen LogP contribution in [0.5, 0.6) is 0 Å². The van der Waals surface area contributed by atoms with Crippen LogP contribution in [-0.4, -0.2) is 4.98 Å². The second-order valence-electron chi connectivity index (χ2n) is 13.4. The van der Waals surface area contributed by atoms with Gasteiger partial charge in [0.15, 0.2) is 0 Å². The Kier molecular flexibility index (Phi) is 15.9. The molecule has 0 amide bonds. The van der Waals surface area contributed by atoms with Crippen LogP contribution in [-0.2, 0) is 20.1 Å². The summed E-state index contributed by atoms with van der Waals surface area (Å²) >= 11 is 0. The molecule has 1 heterocycles. The number of halogens is 6. The van der Waals surface area contributed by atoms with E-state index in [0.717, 1.165) is 61.2 Å². The average Bonchev–Trinajstić information content (AvgIpc) is 3.29. The van der Waals surface area contributed by atoms with E-state index in [9.17, 15) is 25.2 Å². The molecule has 0 bridgehead atoms. The smallest absolute Gasteiger partial charge is 0.304 e. The van der Waals surface area contributed by atoms with E-state index in [1.165, 1.54) is 27.6 Å². The van der Waals surface area contributed by atoms with Gasteiger partial charge < -0.3 is 4.98 Å². The van der Waals surface area contributed by atoms with Crippen LogP contribution in [0.3, 0.4) is 0 Å². The van der Waals surface area contributed by atoms with Crippen LogP contribution < -0.4 is 0 Å². The molecule has 61 heavy (non-hydrogen) atoms. The van der Waals surface area contributed by atoms with Crippen LogP contribution in [0.15, 0.2) is 194 Å². The predicted molar refractivity (Wildman–Crippen MR) is 240 cm³/mol. The fourth-order valence-corrected chi connectivity index (χ4v) is 7.16. The minimum Gasteiger partial charge on any atom is -0.304 e. The van der Waals surface area contributed by atoms with Gasteiger partial charge >= 0.3 is 37.8 Å². The molecular formula is C51H34F6IrNP2+2. The van der Waals surface area contributed by atoms with Gasteiger partial charge in [0, 0.05) is 31.4 Å². The maximum Gasteiger partial charge on any atom is 3.00 e. The molecule has 0 fully saturated rings. The Hall–Kier alpha value is -5.74. The molecule has 10 heteroatoms. The molecule has 0 atom stereocenters. The second kappa shape index (κ2) is 21.7. The molecule has 1 aromatic heterocycles. The Bertz CT molecular complexity index is 2700. The summed E-state index contributed by atoms with van der Waals surface area (Å²) in [5, 5.41) is 2.30. The van der Waals surface area contributed by atoms with E-state index in [2.05, 4.69) is 188 Å². The van der Waals surface area contributed by atoms with Crippen LogP contribution in [0.1, 0.15) is 0 Å². The van der Waals surface area contributed by atoms with E-state index in [0.29, 0.717) is 0 Å². The molecule has 9 rings (SSSR count). The number of pyridine rings is 1. The molecule has 0 unspecified atom stereocenters. The van der Waals surface area contributed by atoms with Gasteiger partial charge in [-0.2, -0.15) is 60.7 Å². The standard InChI is InChI=1S/C51H32N.2F3HP.Ir/c1-3-15-36(16-4-1)45-21-9-12-24-48(45)42-31-43(49-25-13-10-22-46(49)37-17-5-2-6-18-37)33-44(32-42)50-26-14-11-23-47(50)38-27-29-39(30-28-38)51-34-40-19-7-8-20-41(40)35-52-51;2*1-4(2)3;/h1-3,5,7-29,31-35H;2*4H;/q-3;2*+1;+3. The number of fused-ring (bicyclic) bond motifs is 1. The van der Waals surface area contributed by atoms with Crippen molar-refractivity contribution in [1.82, 2.24) is 4.98 Å². The van der Waals surface area contributed by atoms with Crippen molar-refractivity contribution < 1.29 is 45.3 Å². The molecule has 302 valence electrons. The van der Waals surface area contributed by atoms with Gasteiger partial charge in [-0.1, -0.05) is 125 Å². The van der Waals surface area contributed by atoms with Crippen molar-refractivity contribution in [2.75, 3.05) is 0 Å². The Morgan fingerprint density at radius 3 is 1.13 bits per heavy atom. The first-order chi connectivity index (χ1) is 29.2. The van der Waals surface area contributed by atoms with Crippen molar-refractivity contribution in [3.05, 3.63) is 212 Å². The molecule has 1 nitrogen and oxygen atoms in total. The van der Waals surface area contributed by atoms with Gasteiger partial charge in [-0.15, -0.1) is 41.0 Å². The third-order valence-corrected chi connectivity index (χ3v) is 9.71. The Balaban J connectivity index is 0.000000638. The van der Waals surface area contributed by atoms with Gasteiger partial charge in [0.25, 0.3) is 0 Å². The SMILES string of the molecule is F[PH+](F)F.F[PH+](F)F.[Ir+3].[c-]1cccc(-c2ccccc2-c2cc(-c3ccccc3-c3c[c-]ccc3)cc(-c3ccccc3-c3c[c-]c(-c4cc5ccccc5cn4)cc3)c2)c1. The number of hydrogen-bond donors (Lipinski definition) is 0. The molecule has 0 N–H and O–H groups in total. The summed E-state index contributed by atoms with van der Waals surface area (Å²) in [6.45, 7) is 0. The number of benzene rings is 8. The van der Waals surface area contributed by atoms with Gasteiger partial charge in [-0.05, 0) is 68.0 Å². The molecule has 0 aliphatic rings. The zero-order valence-corrected chi connectivity index (χ0v) is 36.4. The maximum atomic E-state index is 9.77. The summed E-state index contributed by atoms with van der Waals surface area (Å²) in [6.07, 6.45) is 1.94. The molecule has 0 aliphatic carbocycles. The van der Waals surface area contributed by atoms with Crippen molar-refractivity contribution >= 4 is 28.5 Å². The molecule has 9 aromatic rings. The average molecular weight is 1030 g/mol. The van der Waals surface area contributed by atoms with Crippen molar-refractivity contribution in [1.29, 1.82) is 0 Å². The van der Waals surface area contributed by atoms with Crippen molar-refractivity contribution in [2.24, 2.45) is 0 Å². The van der Waals surface area contributed by atoms with E-state index in [-0.39, 0.29) is 20.1 Å². The molecule has 0 spiro atoms. The Morgan fingerprint density at radius 2 is 0.754 bits per heavy atom. The van der Waals surface area contributed by atoms with Crippen LogP contribution in [0.25, 0.3) is 88.8 Å². The summed E-state index contributed by atoms with van der Waals surface area (Å²) in [4.78, 5) is 4.74. The van der Waals surface area contributed by atoms with Gasteiger partial charge in [0.05, 0.1) is 0 Å². The number of hydrogen-bond acceptors (Lipinski definition) is 1. The molecule has 0 saturated carbocycles. The third-order valence-electron chi connectivity index (χ3n) is 9.71. The topological polar surface area (TPSA) is 12.9 Å². The van der Waals surface area contributed by atoms with Gasteiger partial charge in [0.2, 0.25) is 0 Å². The van der Waals surface area contributed by atoms with Gasteiger partial charge in [0.1, 0.15) is 0 Å². The molecule has 8 aromatic carbocycles. The minimum atomic E-state index is -4.38. The van der Waals surface area contributed by atoms with Crippen molar-refractivity contribution in [2.45, 2.75) is 0 Å². The first-order valence-corrected chi connectivity index (χ1v) is 20.9. The molecular weight excluding hydrogens is 995 g/mol. The van der Waals surface area contributed by atoms with Gasteiger partial charge in [-0.25, -0.2) is 0 Å². The number of nitrogens with zero attached hydrogens (tertiary/aromatic N) is 1. The summed E-state index contributed by atoms with van der Waals surface area (Å²) in [5.74, 6) is 0. The first kappa shape index (κ1) is 44.8. The van der Waals surface area contributed by atoms with Crippen LogP contribution in [0.2, 0.25) is 0 Å². The van der Waals surface area contributed by atoms with Crippen LogP contribution in [0, 0.1) is 18.2 Å².